The van der Waals surface area contributed by atoms with Crippen molar-refractivity contribution in [2.24, 2.45) is 5.92 Å². The molecule has 0 saturated carbocycles. The number of carbonyl (C=O) groups excluding carboxylic acids is 2. The largest absolute Gasteiger partial charge is 0.482 e. The maximum atomic E-state index is 13.4. The second-order valence-corrected chi connectivity index (χ2v) is 10.4. The zero-order chi connectivity index (χ0) is 23.0. The monoisotopic (exact) mass is 457 g/mol. The summed E-state index contributed by atoms with van der Waals surface area (Å²) in [5.41, 5.74) is 3.79. The Morgan fingerprint density at radius 1 is 1.16 bits per heavy atom. The number of sulfonamides is 1. The molecular weight excluding hydrogens is 430 g/mol. The van der Waals surface area contributed by atoms with Gasteiger partial charge in [0.25, 0.3) is 5.91 Å². The zero-order valence-electron chi connectivity index (χ0n) is 18.4. The van der Waals surface area contributed by atoms with Crippen LogP contribution in [0.5, 0.6) is 5.75 Å². The van der Waals surface area contributed by atoms with Crippen molar-refractivity contribution in [2.45, 2.75) is 38.5 Å². The van der Waals surface area contributed by atoms with Crippen molar-refractivity contribution in [1.82, 2.24) is 4.31 Å². The number of nitrogens with one attached hydrogen (secondary N) is 2. The number of aryl methyl sites for hydroxylation is 3. The average molecular weight is 458 g/mol. The summed E-state index contributed by atoms with van der Waals surface area (Å²) in [6.45, 7) is 5.92. The first-order chi connectivity index (χ1) is 15.1. The number of nitrogens with zero attached hydrogens (tertiary/aromatic N) is 1. The van der Waals surface area contributed by atoms with E-state index in [1.54, 1.807) is 13.0 Å². The molecule has 2 N–H and O–H groups in total. The molecule has 0 bridgehead atoms. The van der Waals surface area contributed by atoms with E-state index in [-0.39, 0.29) is 29.9 Å². The first-order valence-corrected chi connectivity index (χ1v) is 12.0. The zero-order valence-corrected chi connectivity index (χ0v) is 19.2. The van der Waals surface area contributed by atoms with Crippen molar-refractivity contribution < 1.29 is 22.7 Å². The number of piperidine rings is 1. The number of carbonyl (C=O) groups is 2. The van der Waals surface area contributed by atoms with Gasteiger partial charge in [0.1, 0.15) is 5.75 Å². The highest BCUT2D eigenvalue weighted by molar-refractivity contribution is 7.89. The quantitative estimate of drug-likeness (QED) is 0.734. The summed E-state index contributed by atoms with van der Waals surface area (Å²) in [5.74, 6) is -0.561. The minimum absolute atomic E-state index is 0.118. The molecule has 2 aromatic carbocycles. The van der Waals surface area contributed by atoms with Crippen LogP contribution >= 0.6 is 0 Å². The second kappa shape index (κ2) is 8.55. The van der Waals surface area contributed by atoms with E-state index in [9.17, 15) is 18.0 Å². The van der Waals surface area contributed by atoms with Gasteiger partial charge in [0.15, 0.2) is 6.61 Å². The topological polar surface area (TPSA) is 105 Å². The van der Waals surface area contributed by atoms with E-state index in [4.69, 9.17) is 4.74 Å². The van der Waals surface area contributed by atoms with Crippen LogP contribution in [0, 0.1) is 26.7 Å². The lowest BCUT2D eigenvalue weighted by Crippen LogP contribution is -2.44. The summed E-state index contributed by atoms with van der Waals surface area (Å²) in [4.78, 5) is 24.6. The number of fused-ring (bicyclic) bond motifs is 1. The van der Waals surface area contributed by atoms with E-state index < -0.39 is 15.9 Å². The highest BCUT2D eigenvalue weighted by Gasteiger charge is 2.35. The summed E-state index contributed by atoms with van der Waals surface area (Å²) in [6.07, 6.45) is 1.22. The van der Waals surface area contributed by atoms with E-state index in [2.05, 4.69) is 10.6 Å². The molecule has 0 aliphatic carbocycles. The second-order valence-electron chi connectivity index (χ2n) is 8.46. The number of amides is 2. The SMILES string of the molecule is Cc1ccc(NC(=O)[C@@H]2CCCN(S(=O)(=O)c3cc4c(cc3C)NC(=O)CO4)C2)c(C)c1. The van der Waals surface area contributed by atoms with Gasteiger partial charge in [0, 0.05) is 24.8 Å². The summed E-state index contributed by atoms with van der Waals surface area (Å²) in [7, 11) is -3.83. The van der Waals surface area contributed by atoms with Crippen molar-refractivity contribution in [3.05, 3.63) is 47.0 Å². The van der Waals surface area contributed by atoms with Crippen LogP contribution in [0.4, 0.5) is 11.4 Å². The summed E-state index contributed by atoms with van der Waals surface area (Å²) in [6, 6.07) is 8.86. The Bertz CT molecular complexity index is 1190. The molecule has 170 valence electrons. The minimum atomic E-state index is -3.83. The Kier molecular flexibility index (Phi) is 5.96. The van der Waals surface area contributed by atoms with Gasteiger partial charge in [-0.3, -0.25) is 9.59 Å². The molecule has 0 unspecified atom stereocenters. The third kappa shape index (κ3) is 4.35. The molecule has 9 heteroatoms. The summed E-state index contributed by atoms with van der Waals surface area (Å²) < 4.78 is 33.6. The van der Waals surface area contributed by atoms with Crippen molar-refractivity contribution in [3.63, 3.8) is 0 Å². The van der Waals surface area contributed by atoms with Crippen LogP contribution < -0.4 is 15.4 Å². The number of hydrogen-bond acceptors (Lipinski definition) is 5. The molecule has 8 nitrogen and oxygen atoms in total. The Balaban J connectivity index is 1.53. The van der Waals surface area contributed by atoms with Gasteiger partial charge < -0.3 is 15.4 Å². The number of ether oxygens (including phenoxy) is 1. The molecule has 0 radical (unpaired) electrons. The third-order valence-electron chi connectivity index (χ3n) is 5.92. The maximum absolute atomic E-state index is 13.4. The fourth-order valence-electron chi connectivity index (χ4n) is 4.20. The average Bonchev–Trinajstić information content (AvgIpc) is 2.75. The van der Waals surface area contributed by atoms with Crippen molar-refractivity contribution >= 4 is 33.2 Å². The van der Waals surface area contributed by atoms with Crippen LogP contribution in [-0.2, 0) is 19.6 Å². The summed E-state index contributed by atoms with van der Waals surface area (Å²) in [5, 5.41) is 5.64. The number of anilines is 2. The molecule has 2 aliphatic rings. The third-order valence-corrected chi connectivity index (χ3v) is 7.93. The molecule has 2 amide bonds. The van der Waals surface area contributed by atoms with Gasteiger partial charge in [-0.15, -0.1) is 0 Å². The molecule has 1 fully saturated rings. The Labute approximate surface area is 188 Å². The fraction of sp³-hybridized carbons (Fsp3) is 0.391. The normalized spacial score (nSPS) is 19.0. The van der Waals surface area contributed by atoms with E-state index in [1.165, 1.54) is 10.4 Å². The molecule has 0 spiro atoms. The van der Waals surface area contributed by atoms with Gasteiger partial charge in [0.05, 0.1) is 16.5 Å². The smallest absolute Gasteiger partial charge is 0.262 e. The van der Waals surface area contributed by atoms with Crippen molar-refractivity contribution in [1.29, 1.82) is 0 Å². The molecule has 1 saturated heterocycles. The minimum Gasteiger partial charge on any atom is -0.482 e. The lowest BCUT2D eigenvalue weighted by Gasteiger charge is -2.32. The van der Waals surface area contributed by atoms with E-state index in [1.807, 2.05) is 32.0 Å². The van der Waals surface area contributed by atoms with Crippen LogP contribution in [-0.4, -0.2) is 44.2 Å². The summed E-state index contributed by atoms with van der Waals surface area (Å²) >= 11 is 0. The van der Waals surface area contributed by atoms with Gasteiger partial charge in [0.2, 0.25) is 15.9 Å². The van der Waals surface area contributed by atoms with Gasteiger partial charge in [-0.05, 0) is 56.9 Å². The Morgan fingerprint density at radius 3 is 2.69 bits per heavy atom. The lowest BCUT2D eigenvalue weighted by molar-refractivity contribution is -0.121. The van der Waals surface area contributed by atoms with Crippen LogP contribution in [0.1, 0.15) is 29.5 Å². The van der Waals surface area contributed by atoms with Crippen LogP contribution in [0.25, 0.3) is 0 Å². The highest BCUT2D eigenvalue weighted by atomic mass is 32.2. The van der Waals surface area contributed by atoms with Crippen molar-refractivity contribution in [3.8, 4) is 5.75 Å². The predicted molar refractivity (Wildman–Crippen MR) is 121 cm³/mol. The molecule has 1 atom stereocenters. The van der Waals surface area contributed by atoms with E-state index in [0.29, 0.717) is 36.4 Å². The molecule has 2 heterocycles. The standard InChI is InChI=1S/C23H27N3O5S/c1-14-6-7-18(15(2)9-14)25-23(28)17-5-4-8-26(12-17)32(29,30)21-11-20-19(10-16(21)3)24-22(27)13-31-20/h6-7,9-11,17H,4-5,8,12-13H2,1-3H3,(H,24,27)(H,25,28)/t17-/m1/s1. The number of hydrogen-bond donors (Lipinski definition) is 2. The maximum Gasteiger partial charge on any atom is 0.262 e. The predicted octanol–water partition coefficient (Wildman–Crippen LogP) is 2.98. The number of rotatable bonds is 4. The molecular formula is C23H27N3O5S. The Hall–Kier alpha value is -2.91. The van der Waals surface area contributed by atoms with Crippen LogP contribution in [0.3, 0.4) is 0 Å². The van der Waals surface area contributed by atoms with Gasteiger partial charge in [-0.2, -0.15) is 4.31 Å². The number of benzene rings is 2. The Morgan fingerprint density at radius 2 is 1.94 bits per heavy atom. The van der Waals surface area contributed by atoms with Crippen LogP contribution in [0.15, 0.2) is 35.2 Å². The molecule has 2 aliphatic heterocycles. The first-order valence-electron chi connectivity index (χ1n) is 10.6. The fourth-order valence-corrected chi connectivity index (χ4v) is 5.94. The first kappa shape index (κ1) is 22.3. The van der Waals surface area contributed by atoms with Crippen LogP contribution in [0.2, 0.25) is 0 Å². The van der Waals surface area contributed by atoms with E-state index in [0.717, 1.165) is 16.8 Å². The molecule has 32 heavy (non-hydrogen) atoms. The molecule has 4 rings (SSSR count). The van der Waals surface area contributed by atoms with Gasteiger partial charge in [-0.1, -0.05) is 17.7 Å². The van der Waals surface area contributed by atoms with Gasteiger partial charge >= 0.3 is 0 Å². The van der Waals surface area contributed by atoms with Gasteiger partial charge in [-0.25, -0.2) is 8.42 Å². The molecule has 2 aromatic rings. The molecule has 0 aromatic heterocycles. The van der Waals surface area contributed by atoms with E-state index >= 15 is 0 Å². The lowest BCUT2D eigenvalue weighted by atomic mass is 9.98. The van der Waals surface area contributed by atoms with Crippen molar-refractivity contribution in [2.75, 3.05) is 30.3 Å². The highest BCUT2D eigenvalue weighted by Crippen LogP contribution is 2.35.